The van der Waals surface area contributed by atoms with E-state index in [0.717, 1.165) is 48.2 Å². The molecule has 1 aliphatic heterocycles. The van der Waals surface area contributed by atoms with E-state index < -0.39 is 10.0 Å². The molecule has 0 radical (unpaired) electrons. The minimum atomic E-state index is -3.45. The topological polar surface area (TPSA) is 83.1 Å². The molecule has 1 saturated heterocycles. The van der Waals surface area contributed by atoms with Crippen molar-refractivity contribution in [3.05, 3.63) is 66.4 Å². The number of aryl methyl sites for hydroxylation is 1. The molecule has 2 aromatic carbocycles. The van der Waals surface area contributed by atoms with Crippen LogP contribution in [0.1, 0.15) is 18.5 Å². The number of rotatable bonds is 7. The van der Waals surface area contributed by atoms with Crippen LogP contribution in [0.2, 0.25) is 0 Å². The summed E-state index contributed by atoms with van der Waals surface area (Å²) in [6.07, 6.45) is 2.00. The number of para-hydroxylation sites is 1. The summed E-state index contributed by atoms with van der Waals surface area (Å²) in [4.78, 5) is 4.90. The Balaban J connectivity index is 1.28. The van der Waals surface area contributed by atoms with Gasteiger partial charge >= 0.3 is 0 Å². The number of aromatic nitrogens is 1. The SMILES string of the molecule is Cc1cc(NC[C@@H]2CC[C@@H](CNS(=O)(=O)c3ccccc3)NC2)c2ccccc2n1. The molecule has 0 saturated carbocycles. The van der Waals surface area contributed by atoms with E-state index in [1.807, 2.05) is 31.2 Å². The standard InChI is InChI=1S/C23H28N4O2S/c1-17-13-23(21-9-5-6-10-22(21)27-17)25-15-18-11-12-19(24-14-18)16-26-30(28,29)20-7-3-2-4-8-20/h2-10,13,18-19,24,26H,11-12,14-16H2,1H3,(H,25,27)/t18-,19+/m1/s1. The zero-order chi connectivity index (χ0) is 21.0. The third-order valence-electron chi connectivity index (χ3n) is 5.62. The van der Waals surface area contributed by atoms with E-state index in [-0.39, 0.29) is 6.04 Å². The number of hydrogen-bond donors (Lipinski definition) is 3. The summed E-state index contributed by atoms with van der Waals surface area (Å²) in [6, 6.07) is 18.9. The zero-order valence-electron chi connectivity index (χ0n) is 17.1. The van der Waals surface area contributed by atoms with Crippen LogP contribution in [0.3, 0.4) is 0 Å². The zero-order valence-corrected chi connectivity index (χ0v) is 18.0. The lowest BCUT2D eigenvalue weighted by Crippen LogP contribution is -2.47. The van der Waals surface area contributed by atoms with Crippen LogP contribution in [0, 0.1) is 12.8 Å². The van der Waals surface area contributed by atoms with Gasteiger partial charge in [0.2, 0.25) is 10.0 Å². The summed E-state index contributed by atoms with van der Waals surface area (Å²) in [6.45, 7) is 4.17. The third kappa shape index (κ3) is 4.98. The van der Waals surface area contributed by atoms with Gasteiger partial charge in [-0.3, -0.25) is 4.98 Å². The third-order valence-corrected chi connectivity index (χ3v) is 7.06. The Morgan fingerprint density at radius 2 is 1.80 bits per heavy atom. The van der Waals surface area contributed by atoms with Crippen molar-refractivity contribution < 1.29 is 8.42 Å². The molecule has 6 nitrogen and oxygen atoms in total. The summed E-state index contributed by atoms with van der Waals surface area (Å²) < 4.78 is 27.5. The summed E-state index contributed by atoms with van der Waals surface area (Å²) >= 11 is 0. The second kappa shape index (κ2) is 9.12. The Labute approximate surface area is 178 Å². The number of benzene rings is 2. The van der Waals surface area contributed by atoms with Crippen LogP contribution < -0.4 is 15.4 Å². The molecule has 2 heterocycles. The minimum absolute atomic E-state index is 0.156. The first kappa shape index (κ1) is 20.8. The van der Waals surface area contributed by atoms with Crippen LogP contribution in [0.4, 0.5) is 5.69 Å². The first-order valence-corrected chi connectivity index (χ1v) is 11.9. The second-order valence-electron chi connectivity index (χ2n) is 7.92. The Morgan fingerprint density at radius 1 is 1.03 bits per heavy atom. The lowest BCUT2D eigenvalue weighted by molar-refractivity contribution is 0.320. The van der Waals surface area contributed by atoms with Gasteiger partial charge in [0.25, 0.3) is 0 Å². The summed E-state index contributed by atoms with van der Waals surface area (Å²) in [5.41, 5.74) is 3.13. The molecule has 3 N–H and O–H groups in total. The van der Waals surface area contributed by atoms with Gasteiger partial charge in [-0.15, -0.1) is 0 Å². The van der Waals surface area contributed by atoms with Crippen molar-refractivity contribution in [3.8, 4) is 0 Å². The predicted octanol–water partition coefficient (Wildman–Crippen LogP) is 3.30. The summed E-state index contributed by atoms with van der Waals surface area (Å²) in [5, 5.41) is 8.24. The highest BCUT2D eigenvalue weighted by Crippen LogP contribution is 2.24. The molecule has 1 aromatic heterocycles. The maximum atomic E-state index is 12.4. The van der Waals surface area contributed by atoms with Gasteiger partial charge in [0.15, 0.2) is 0 Å². The lowest BCUT2D eigenvalue weighted by Gasteiger charge is -2.30. The number of hydrogen-bond acceptors (Lipinski definition) is 5. The van der Waals surface area contributed by atoms with Gasteiger partial charge in [0.05, 0.1) is 10.4 Å². The Hall–Kier alpha value is -2.48. The minimum Gasteiger partial charge on any atom is -0.384 e. The first-order valence-electron chi connectivity index (χ1n) is 10.4. The van der Waals surface area contributed by atoms with Crippen molar-refractivity contribution >= 4 is 26.6 Å². The quantitative estimate of drug-likeness (QED) is 0.542. The van der Waals surface area contributed by atoms with Gasteiger partial charge in [-0.05, 0) is 56.5 Å². The van der Waals surface area contributed by atoms with E-state index in [4.69, 9.17) is 0 Å². The van der Waals surface area contributed by atoms with Crippen molar-refractivity contribution in [3.63, 3.8) is 0 Å². The number of piperidine rings is 1. The maximum Gasteiger partial charge on any atom is 0.240 e. The van der Waals surface area contributed by atoms with E-state index in [1.54, 1.807) is 24.3 Å². The van der Waals surface area contributed by atoms with Gasteiger partial charge in [-0.1, -0.05) is 36.4 Å². The maximum absolute atomic E-state index is 12.4. The number of nitrogens with zero attached hydrogens (tertiary/aromatic N) is 1. The molecular weight excluding hydrogens is 396 g/mol. The Kier molecular flexibility index (Phi) is 6.32. The van der Waals surface area contributed by atoms with Crippen molar-refractivity contribution in [1.82, 2.24) is 15.0 Å². The number of pyridine rings is 1. The van der Waals surface area contributed by atoms with Gasteiger partial charge in [-0.2, -0.15) is 0 Å². The highest BCUT2D eigenvalue weighted by Gasteiger charge is 2.22. The average molecular weight is 425 g/mol. The van der Waals surface area contributed by atoms with Crippen LogP contribution in [0.25, 0.3) is 10.9 Å². The molecule has 1 aliphatic rings. The van der Waals surface area contributed by atoms with Crippen LogP contribution in [-0.4, -0.2) is 39.1 Å². The van der Waals surface area contributed by atoms with Crippen LogP contribution in [-0.2, 0) is 10.0 Å². The van der Waals surface area contributed by atoms with E-state index >= 15 is 0 Å². The molecular formula is C23H28N4O2S. The summed E-state index contributed by atoms with van der Waals surface area (Å²) in [7, 11) is -3.45. The Morgan fingerprint density at radius 3 is 2.57 bits per heavy atom. The van der Waals surface area contributed by atoms with E-state index in [1.165, 1.54) is 0 Å². The molecule has 30 heavy (non-hydrogen) atoms. The predicted molar refractivity (Wildman–Crippen MR) is 121 cm³/mol. The molecule has 7 heteroatoms. The molecule has 2 atom stereocenters. The largest absolute Gasteiger partial charge is 0.384 e. The second-order valence-corrected chi connectivity index (χ2v) is 9.69. The van der Waals surface area contributed by atoms with Crippen molar-refractivity contribution in [2.75, 3.05) is 25.0 Å². The van der Waals surface area contributed by atoms with Crippen molar-refractivity contribution in [2.24, 2.45) is 5.92 Å². The van der Waals surface area contributed by atoms with Crippen LogP contribution in [0.5, 0.6) is 0 Å². The number of anilines is 1. The lowest BCUT2D eigenvalue weighted by atomic mass is 9.94. The molecule has 0 amide bonds. The van der Waals surface area contributed by atoms with Gasteiger partial charge in [-0.25, -0.2) is 13.1 Å². The fraction of sp³-hybridized carbons (Fsp3) is 0.348. The molecule has 3 aromatic rings. The van der Waals surface area contributed by atoms with Gasteiger partial charge in [0.1, 0.15) is 0 Å². The van der Waals surface area contributed by atoms with Gasteiger partial charge in [0, 0.05) is 35.9 Å². The van der Waals surface area contributed by atoms with Gasteiger partial charge < -0.3 is 10.6 Å². The molecule has 0 bridgehead atoms. The van der Waals surface area contributed by atoms with Crippen molar-refractivity contribution in [2.45, 2.75) is 30.7 Å². The molecule has 1 fully saturated rings. The molecule has 0 unspecified atom stereocenters. The Bertz CT molecular complexity index is 1090. The fourth-order valence-electron chi connectivity index (χ4n) is 3.92. The monoisotopic (exact) mass is 424 g/mol. The summed E-state index contributed by atoms with van der Waals surface area (Å²) in [5.74, 6) is 0.499. The smallest absolute Gasteiger partial charge is 0.240 e. The van der Waals surface area contributed by atoms with E-state index in [9.17, 15) is 8.42 Å². The molecule has 0 spiro atoms. The van der Waals surface area contributed by atoms with Crippen LogP contribution >= 0.6 is 0 Å². The number of nitrogens with one attached hydrogen (secondary N) is 3. The molecule has 0 aliphatic carbocycles. The van der Waals surface area contributed by atoms with E-state index in [2.05, 4.69) is 32.5 Å². The number of fused-ring (bicyclic) bond motifs is 1. The normalized spacial score (nSPS) is 19.6. The number of sulfonamides is 1. The molecule has 4 rings (SSSR count). The highest BCUT2D eigenvalue weighted by molar-refractivity contribution is 7.89. The first-order chi connectivity index (χ1) is 14.5. The molecule has 158 valence electrons. The van der Waals surface area contributed by atoms with E-state index in [0.29, 0.717) is 17.4 Å². The fourth-order valence-corrected chi connectivity index (χ4v) is 5.03. The van der Waals surface area contributed by atoms with Crippen LogP contribution in [0.15, 0.2) is 65.6 Å². The highest BCUT2D eigenvalue weighted by atomic mass is 32.2. The van der Waals surface area contributed by atoms with Crippen molar-refractivity contribution in [1.29, 1.82) is 0 Å². The average Bonchev–Trinajstić information content (AvgIpc) is 2.77.